The summed E-state index contributed by atoms with van der Waals surface area (Å²) in [5, 5.41) is 3.03. The lowest BCUT2D eigenvalue weighted by Crippen LogP contribution is -2.45. The molecule has 2 saturated heterocycles. The number of ether oxygens (including phenoxy) is 1. The zero-order valence-electron chi connectivity index (χ0n) is 20.4. The van der Waals surface area contributed by atoms with Crippen LogP contribution in [0.15, 0.2) is 29.2 Å². The van der Waals surface area contributed by atoms with Crippen molar-refractivity contribution in [2.45, 2.75) is 37.5 Å². The number of nitrogens with one attached hydrogen (secondary N) is 1. The van der Waals surface area contributed by atoms with Crippen molar-refractivity contribution < 1.29 is 22.7 Å². The normalized spacial score (nSPS) is 19.1. The number of piperazine rings is 1. The zero-order chi connectivity index (χ0) is 24.6. The summed E-state index contributed by atoms with van der Waals surface area (Å²) in [4.78, 5) is 29.3. The molecule has 190 valence electrons. The molecule has 1 amide bonds. The number of nitrogens with zero attached hydrogens (tertiary/aromatic N) is 3. The predicted octanol–water partition coefficient (Wildman–Crippen LogP) is 1.41. The molecule has 0 aromatic heterocycles. The Morgan fingerprint density at radius 2 is 1.65 bits per heavy atom. The van der Waals surface area contributed by atoms with Crippen LogP contribution >= 0.6 is 0 Å². The number of carbonyl (C=O) groups is 2. The van der Waals surface area contributed by atoms with E-state index in [0.717, 1.165) is 45.6 Å². The molecule has 0 unspecified atom stereocenters. The molecular weight excluding hydrogens is 456 g/mol. The third-order valence-electron chi connectivity index (χ3n) is 6.62. The van der Waals surface area contributed by atoms with Gasteiger partial charge >= 0.3 is 5.97 Å². The highest BCUT2D eigenvalue weighted by molar-refractivity contribution is 7.89. The van der Waals surface area contributed by atoms with Crippen LogP contribution < -0.4 is 5.32 Å². The summed E-state index contributed by atoms with van der Waals surface area (Å²) in [6, 6.07) is 5.80. The second kappa shape index (κ2) is 12.6. The van der Waals surface area contributed by atoms with Crippen LogP contribution in [0.2, 0.25) is 0 Å². The van der Waals surface area contributed by atoms with Gasteiger partial charge in [0.1, 0.15) is 0 Å². The molecule has 0 atom stereocenters. The Kier molecular flexibility index (Phi) is 9.87. The molecule has 0 bridgehead atoms. The van der Waals surface area contributed by atoms with Crippen LogP contribution in [0.5, 0.6) is 0 Å². The Labute approximate surface area is 203 Å². The molecule has 1 aromatic rings. The minimum Gasteiger partial charge on any atom is -0.462 e. The number of rotatable bonds is 10. The molecule has 0 saturated carbocycles. The van der Waals surface area contributed by atoms with Gasteiger partial charge in [-0.25, -0.2) is 13.2 Å². The van der Waals surface area contributed by atoms with E-state index in [2.05, 4.69) is 22.2 Å². The van der Waals surface area contributed by atoms with E-state index >= 15 is 0 Å². The molecule has 1 aromatic carbocycles. The number of carbonyl (C=O) groups excluding carboxylic acids is 2. The van der Waals surface area contributed by atoms with Crippen molar-refractivity contribution in [1.82, 2.24) is 19.4 Å². The summed E-state index contributed by atoms with van der Waals surface area (Å²) >= 11 is 0. The Balaban J connectivity index is 1.38. The van der Waals surface area contributed by atoms with Crippen molar-refractivity contribution in [2.75, 3.05) is 66.0 Å². The summed E-state index contributed by atoms with van der Waals surface area (Å²) in [6.45, 7) is 8.79. The van der Waals surface area contributed by atoms with Gasteiger partial charge in [0.15, 0.2) is 0 Å². The van der Waals surface area contributed by atoms with Crippen molar-refractivity contribution in [3.63, 3.8) is 0 Å². The van der Waals surface area contributed by atoms with Crippen LogP contribution in [0.25, 0.3) is 0 Å². The lowest BCUT2D eigenvalue weighted by Gasteiger charge is -2.32. The lowest BCUT2D eigenvalue weighted by atomic mass is 9.97. The fraction of sp³-hybridized carbons (Fsp3) is 0.667. The predicted molar refractivity (Wildman–Crippen MR) is 130 cm³/mol. The van der Waals surface area contributed by atoms with Gasteiger partial charge in [0.2, 0.25) is 15.9 Å². The van der Waals surface area contributed by atoms with Crippen LogP contribution in [-0.4, -0.2) is 100 Å². The fourth-order valence-corrected chi connectivity index (χ4v) is 5.84. The van der Waals surface area contributed by atoms with Crippen LogP contribution in [0.1, 0.15) is 43.0 Å². The quantitative estimate of drug-likeness (QED) is 0.388. The van der Waals surface area contributed by atoms with Gasteiger partial charge in [0.25, 0.3) is 0 Å². The van der Waals surface area contributed by atoms with Crippen molar-refractivity contribution in [3.05, 3.63) is 29.8 Å². The van der Waals surface area contributed by atoms with E-state index in [4.69, 9.17) is 4.74 Å². The molecule has 2 aliphatic rings. The molecule has 9 nitrogen and oxygen atoms in total. The number of esters is 1. The summed E-state index contributed by atoms with van der Waals surface area (Å²) < 4.78 is 32.3. The number of sulfonamides is 1. The highest BCUT2D eigenvalue weighted by atomic mass is 32.2. The first-order chi connectivity index (χ1) is 16.3. The first kappa shape index (κ1) is 26.6. The SMILES string of the molecule is CCOC(=O)c1ccc(S(=O)(=O)N2CCC(C(=O)NCCCCN3CCN(C)CC3)CC2)cc1. The summed E-state index contributed by atoms with van der Waals surface area (Å²) in [6.07, 6.45) is 3.03. The largest absolute Gasteiger partial charge is 0.462 e. The number of piperidine rings is 1. The number of benzene rings is 1. The number of unbranched alkanes of at least 4 members (excludes halogenated alkanes) is 1. The summed E-state index contributed by atoms with van der Waals surface area (Å²) in [5.74, 6) is -0.608. The molecule has 3 rings (SSSR count). The minimum absolute atomic E-state index is 0.0236. The second-order valence-corrected chi connectivity index (χ2v) is 11.0. The van der Waals surface area contributed by atoms with E-state index in [1.807, 2.05) is 0 Å². The number of likely N-dealkylation sites (N-methyl/N-ethyl adjacent to an activating group) is 1. The van der Waals surface area contributed by atoms with Gasteiger partial charge in [0, 0.05) is 51.7 Å². The number of hydrogen-bond acceptors (Lipinski definition) is 7. The van der Waals surface area contributed by atoms with E-state index in [-0.39, 0.29) is 23.3 Å². The average molecular weight is 495 g/mol. The standard InChI is InChI=1S/C24H38N4O5S/c1-3-33-24(30)21-6-8-22(9-7-21)34(31,32)28-14-10-20(11-15-28)23(29)25-12-4-5-13-27-18-16-26(2)17-19-27/h6-9,20H,3-5,10-19H2,1-2H3,(H,25,29). The number of amides is 1. The molecule has 0 spiro atoms. The molecule has 1 N–H and O–H groups in total. The fourth-order valence-electron chi connectivity index (χ4n) is 4.37. The lowest BCUT2D eigenvalue weighted by molar-refractivity contribution is -0.126. The van der Waals surface area contributed by atoms with Crippen molar-refractivity contribution >= 4 is 21.9 Å². The van der Waals surface area contributed by atoms with E-state index in [9.17, 15) is 18.0 Å². The molecule has 2 aliphatic heterocycles. The third kappa shape index (κ3) is 7.24. The van der Waals surface area contributed by atoms with Gasteiger partial charge < -0.3 is 19.9 Å². The van der Waals surface area contributed by atoms with Crippen LogP contribution in [0, 0.1) is 5.92 Å². The third-order valence-corrected chi connectivity index (χ3v) is 8.54. The van der Waals surface area contributed by atoms with Gasteiger partial charge in [-0.15, -0.1) is 0 Å². The van der Waals surface area contributed by atoms with Gasteiger partial charge in [-0.3, -0.25) is 4.79 Å². The maximum absolute atomic E-state index is 13.0. The maximum Gasteiger partial charge on any atom is 0.338 e. The Morgan fingerprint density at radius 1 is 1.00 bits per heavy atom. The average Bonchev–Trinajstić information content (AvgIpc) is 2.85. The molecule has 2 heterocycles. The molecule has 0 aliphatic carbocycles. The monoisotopic (exact) mass is 494 g/mol. The Morgan fingerprint density at radius 3 is 2.26 bits per heavy atom. The van der Waals surface area contributed by atoms with Gasteiger partial charge in [-0.1, -0.05) is 0 Å². The van der Waals surface area contributed by atoms with Gasteiger partial charge in [-0.2, -0.15) is 4.31 Å². The summed E-state index contributed by atoms with van der Waals surface area (Å²) in [7, 11) is -1.51. The van der Waals surface area contributed by atoms with E-state index in [0.29, 0.717) is 38.0 Å². The highest BCUT2D eigenvalue weighted by Crippen LogP contribution is 2.24. The first-order valence-corrected chi connectivity index (χ1v) is 13.7. The van der Waals surface area contributed by atoms with Crippen molar-refractivity contribution in [3.8, 4) is 0 Å². The van der Waals surface area contributed by atoms with Crippen molar-refractivity contribution in [2.24, 2.45) is 5.92 Å². The maximum atomic E-state index is 13.0. The topological polar surface area (TPSA) is 99.3 Å². The highest BCUT2D eigenvalue weighted by Gasteiger charge is 2.32. The molecule has 10 heteroatoms. The molecule has 2 fully saturated rings. The zero-order valence-corrected chi connectivity index (χ0v) is 21.2. The smallest absolute Gasteiger partial charge is 0.338 e. The van der Waals surface area contributed by atoms with E-state index in [1.165, 1.54) is 28.6 Å². The molecule has 34 heavy (non-hydrogen) atoms. The molecule has 0 radical (unpaired) electrons. The van der Waals surface area contributed by atoms with Crippen LogP contribution in [0.3, 0.4) is 0 Å². The first-order valence-electron chi connectivity index (χ1n) is 12.3. The Bertz CT molecular complexity index is 906. The van der Waals surface area contributed by atoms with Crippen molar-refractivity contribution in [1.29, 1.82) is 0 Å². The second-order valence-electron chi connectivity index (χ2n) is 9.07. The Hall–Kier alpha value is -2.01. The van der Waals surface area contributed by atoms with Gasteiger partial charge in [-0.05, 0) is 70.5 Å². The summed E-state index contributed by atoms with van der Waals surface area (Å²) in [5.41, 5.74) is 0.319. The van der Waals surface area contributed by atoms with E-state index < -0.39 is 16.0 Å². The van der Waals surface area contributed by atoms with E-state index in [1.54, 1.807) is 6.92 Å². The minimum atomic E-state index is -3.66. The number of hydrogen-bond donors (Lipinski definition) is 1. The molecular formula is C24H38N4O5S. The van der Waals surface area contributed by atoms with Crippen LogP contribution in [-0.2, 0) is 19.6 Å². The van der Waals surface area contributed by atoms with Crippen LogP contribution in [0.4, 0.5) is 0 Å². The van der Waals surface area contributed by atoms with Gasteiger partial charge in [0.05, 0.1) is 17.1 Å².